The number of fused-ring (bicyclic) bond motifs is 2. The van der Waals surface area contributed by atoms with Crippen LogP contribution in [0.3, 0.4) is 0 Å². The van der Waals surface area contributed by atoms with Crippen molar-refractivity contribution in [3.8, 4) is 0 Å². The first kappa shape index (κ1) is 15.6. The lowest BCUT2D eigenvalue weighted by atomic mass is 10.00. The number of nitrogens with zero attached hydrogens (tertiary/aromatic N) is 1. The predicted octanol–water partition coefficient (Wildman–Crippen LogP) is 5.14. The minimum atomic E-state index is -0.385. The number of halogens is 1. The smallest absolute Gasteiger partial charge is 0.309 e. The zero-order valence-corrected chi connectivity index (χ0v) is 15.9. The van der Waals surface area contributed by atoms with E-state index in [1.807, 2.05) is 20.8 Å². The molecule has 1 aromatic carbocycles. The Hall–Kier alpha value is -0.940. The van der Waals surface area contributed by atoms with Crippen LogP contribution in [0, 0.1) is 17.8 Å². The summed E-state index contributed by atoms with van der Waals surface area (Å²) >= 11 is 5.31. The number of aromatic nitrogens is 1. The van der Waals surface area contributed by atoms with E-state index in [4.69, 9.17) is 9.72 Å². The fraction of sp³-hybridized carbons (Fsp3) is 0.556. The fourth-order valence-corrected chi connectivity index (χ4v) is 5.40. The van der Waals surface area contributed by atoms with E-state index in [-0.39, 0.29) is 17.5 Å². The number of ether oxygens (including phenoxy) is 1. The zero-order chi connectivity index (χ0) is 16.4. The Labute approximate surface area is 148 Å². The number of hydrogen-bond donors (Lipinski definition) is 0. The summed E-state index contributed by atoms with van der Waals surface area (Å²) in [5, 5.41) is 1.25. The summed E-state index contributed by atoms with van der Waals surface area (Å²) < 4.78 is 7.85. The van der Waals surface area contributed by atoms with Gasteiger partial charge in [0.1, 0.15) is 5.60 Å². The molecule has 1 heterocycles. The number of carbonyl (C=O) groups is 1. The summed E-state index contributed by atoms with van der Waals surface area (Å²) in [5.74, 6) is 1.87. The average molecular weight is 394 g/mol. The van der Waals surface area contributed by atoms with Crippen LogP contribution in [0.5, 0.6) is 0 Å². The van der Waals surface area contributed by atoms with Gasteiger partial charge in [-0.1, -0.05) is 15.9 Å². The highest BCUT2D eigenvalue weighted by Crippen LogP contribution is 2.65. The molecule has 1 aromatic heterocycles. The van der Waals surface area contributed by atoms with E-state index in [0.717, 1.165) is 22.8 Å². The Morgan fingerprint density at radius 2 is 2.00 bits per heavy atom. The molecule has 122 valence electrons. The van der Waals surface area contributed by atoms with E-state index < -0.39 is 0 Å². The summed E-state index contributed by atoms with van der Waals surface area (Å²) in [6.45, 7) is 5.80. The van der Waals surface area contributed by atoms with Crippen LogP contribution >= 0.6 is 27.3 Å². The molecule has 0 spiro atoms. The Bertz CT molecular complexity index is 767. The summed E-state index contributed by atoms with van der Waals surface area (Å²) in [6.07, 6.45) is 1.92. The van der Waals surface area contributed by atoms with Gasteiger partial charge in [-0.05, 0) is 63.6 Å². The first-order valence-corrected chi connectivity index (χ1v) is 9.71. The molecule has 2 fully saturated rings. The zero-order valence-electron chi connectivity index (χ0n) is 13.5. The number of esters is 1. The summed E-state index contributed by atoms with van der Waals surface area (Å²) in [5.41, 5.74) is 0.692. The summed E-state index contributed by atoms with van der Waals surface area (Å²) in [6, 6.07) is 6.27. The van der Waals surface area contributed by atoms with E-state index in [1.54, 1.807) is 11.3 Å². The SMILES string of the molecule is CC(C)(C)OC(=O)C1C[C@@H]2C(c3nc4cc(Br)ccc4s3)[C@@H]2C1. The molecule has 0 saturated heterocycles. The van der Waals surface area contributed by atoms with E-state index in [9.17, 15) is 4.79 Å². The Morgan fingerprint density at radius 1 is 1.30 bits per heavy atom. The van der Waals surface area contributed by atoms with Crippen molar-refractivity contribution in [2.45, 2.75) is 45.1 Å². The highest BCUT2D eigenvalue weighted by atomic mass is 79.9. The number of benzene rings is 1. The van der Waals surface area contributed by atoms with E-state index in [1.165, 1.54) is 9.71 Å². The van der Waals surface area contributed by atoms with Crippen LogP contribution in [0.2, 0.25) is 0 Å². The minimum absolute atomic E-state index is 0.0170. The average Bonchev–Trinajstić information content (AvgIpc) is 2.84. The minimum Gasteiger partial charge on any atom is -0.460 e. The second-order valence-electron chi connectivity index (χ2n) is 7.72. The third-order valence-corrected chi connectivity index (χ3v) is 6.47. The van der Waals surface area contributed by atoms with Crippen LogP contribution in [-0.2, 0) is 9.53 Å². The van der Waals surface area contributed by atoms with Gasteiger partial charge in [0.15, 0.2) is 0 Å². The number of carbonyl (C=O) groups excluding carboxylic acids is 1. The Balaban J connectivity index is 1.44. The van der Waals surface area contributed by atoms with E-state index >= 15 is 0 Å². The summed E-state index contributed by atoms with van der Waals surface area (Å²) in [4.78, 5) is 17.0. The van der Waals surface area contributed by atoms with Gasteiger partial charge < -0.3 is 4.74 Å². The van der Waals surface area contributed by atoms with Crippen molar-refractivity contribution in [1.29, 1.82) is 0 Å². The maximum Gasteiger partial charge on any atom is 0.309 e. The largest absolute Gasteiger partial charge is 0.460 e. The van der Waals surface area contributed by atoms with Crippen molar-refractivity contribution in [2.75, 3.05) is 0 Å². The molecule has 4 atom stereocenters. The van der Waals surface area contributed by atoms with Gasteiger partial charge >= 0.3 is 5.97 Å². The predicted molar refractivity (Wildman–Crippen MR) is 95.6 cm³/mol. The monoisotopic (exact) mass is 393 g/mol. The molecular formula is C18H20BrNO2S. The van der Waals surface area contributed by atoms with E-state index in [0.29, 0.717) is 17.8 Å². The molecule has 3 nitrogen and oxygen atoms in total. The van der Waals surface area contributed by atoms with Crippen molar-refractivity contribution >= 4 is 43.5 Å². The molecule has 0 N–H and O–H groups in total. The van der Waals surface area contributed by atoms with Crippen molar-refractivity contribution in [2.24, 2.45) is 17.8 Å². The molecule has 0 aliphatic heterocycles. The first-order chi connectivity index (χ1) is 10.8. The van der Waals surface area contributed by atoms with Gasteiger partial charge in [-0.3, -0.25) is 4.79 Å². The molecule has 4 rings (SSSR count). The number of thiazole rings is 1. The molecule has 2 unspecified atom stereocenters. The van der Waals surface area contributed by atoms with Gasteiger partial charge in [0, 0.05) is 10.4 Å². The van der Waals surface area contributed by atoms with Gasteiger partial charge in [0.2, 0.25) is 0 Å². The molecule has 23 heavy (non-hydrogen) atoms. The fourth-order valence-electron chi connectivity index (χ4n) is 3.85. The second kappa shape index (κ2) is 5.28. The number of hydrogen-bond acceptors (Lipinski definition) is 4. The van der Waals surface area contributed by atoms with Crippen molar-refractivity contribution in [3.63, 3.8) is 0 Å². The van der Waals surface area contributed by atoms with Crippen LogP contribution < -0.4 is 0 Å². The normalized spacial score (nSPS) is 29.6. The molecular weight excluding hydrogens is 374 g/mol. The third-order valence-electron chi connectivity index (χ3n) is 4.84. The maximum atomic E-state index is 12.2. The van der Waals surface area contributed by atoms with Gasteiger partial charge in [0.05, 0.1) is 21.1 Å². The highest BCUT2D eigenvalue weighted by Gasteiger charge is 2.59. The van der Waals surface area contributed by atoms with Gasteiger partial charge in [-0.2, -0.15) is 0 Å². The van der Waals surface area contributed by atoms with Crippen molar-refractivity contribution in [3.05, 3.63) is 27.7 Å². The quantitative estimate of drug-likeness (QED) is 0.662. The van der Waals surface area contributed by atoms with Gasteiger partial charge in [0.25, 0.3) is 0 Å². The Morgan fingerprint density at radius 3 is 2.65 bits per heavy atom. The molecule has 0 radical (unpaired) electrons. The van der Waals surface area contributed by atoms with Crippen LogP contribution in [0.4, 0.5) is 0 Å². The van der Waals surface area contributed by atoms with Crippen molar-refractivity contribution < 1.29 is 9.53 Å². The van der Waals surface area contributed by atoms with Crippen LogP contribution in [0.1, 0.15) is 44.5 Å². The van der Waals surface area contributed by atoms with Crippen molar-refractivity contribution in [1.82, 2.24) is 4.98 Å². The van der Waals surface area contributed by atoms with E-state index in [2.05, 4.69) is 34.1 Å². The lowest BCUT2D eigenvalue weighted by molar-refractivity contribution is -0.160. The van der Waals surface area contributed by atoms with Crippen LogP contribution in [0.25, 0.3) is 10.2 Å². The number of rotatable bonds is 2. The Kier molecular flexibility index (Phi) is 3.58. The summed E-state index contributed by atoms with van der Waals surface area (Å²) in [7, 11) is 0. The van der Waals surface area contributed by atoms with Crippen LogP contribution in [0.15, 0.2) is 22.7 Å². The molecule has 2 aromatic rings. The highest BCUT2D eigenvalue weighted by molar-refractivity contribution is 9.10. The van der Waals surface area contributed by atoms with Gasteiger partial charge in [-0.25, -0.2) is 4.98 Å². The standard InChI is InChI=1S/C18H20BrNO2S/c1-18(2,3)22-17(21)9-6-11-12(7-9)15(11)16-20-13-8-10(19)4-5-14(13)23-16/h4-5,8-9,11-12,15H,6-7H2,1-3H3/t9?,11-,12+,15?. The molecule has 2 aliphatic rings. The molecule has 2 aliphatic carbocycles. The van der Waals surface area contributed by atoms with Crippen LogP contribution in [-0.4, -0.2) is 16.6 Å². The topological polar surface area (TPSA) is 39.2 Å². The maximum absolute atomic E-state index is 12.2. The molecule has 2 saturated carbocycles. The first-order valence-electron chi connectivity index (χ1n) is 8.11. The lowest BCUT2D eigenvalue weighted by Crippen LogP contribution is -2.28. The lowest BCUT2D eigenvalue weighted by Gasteiger charge is -2.22. The molecule has 5 heteroatoms. The second-order valence-corrected chi connectivity index (χ2v) is 9.70. The molecule has 0 bridgehead atoms. The third kappa shape index (κ3) is 2.93. The molecule has 0 amide bonds. The van der Waals surface area contributed by atoms with Gasteiger partial charge in [-0.15, -0.1) is 11.3 Å².